The predicted octanol–water partition coefficient (Wildman–Crippen LogP) is 1.47. The molecule has 0 amide bonds. The first-order valence-corrected chi connectivity index (χ1v) is 9.98. The van der Waals surface area contributed by atoms with Crippen LogP contribution in [0.4, 0.5) is 5.69 Å². The Hall–Kier alpha value is -1.15. The highest BCUT2D eigenvalue weighted by Gasteiger charge is 2.36. The van der Waals surface area contributed by atoms with Crippen LogP contribution in [0.15, 0.2) is 24.3 Å². The molecule has 2 aliphatic heterocycles. The highest BCUT2D eigenvalue weighted by molar-refractivity contribution is 7.86. The minimum atomic E-state index is -3.40. The van der Waals surface area contributed by atoms with Crippen LogP contribution in [0.2, 0.25) is 0 Å². The monoisotopic (exact) mass is 353 g/mol. The van der Waals surface area contributed by atoms with Gasteiger partial charge in [0.15, 0.2) is 0 Å². The van der Waals surface area contributed by atoms with Crippen molar-refractivity contribution in [3.63, 3.8) is 0 Å². The minimum Gasteiger partial charge on any atom is -0.373 e. The molecule has 2 saturated heterocycles. The van der Waals surface area contributed by atoms with Gasteiger partial charge in [-0.1, -0.05) is 12.1 Å². The molecule has 2 heterocycles. The molecule has 1 aromatic rings. The van der Waals surface area contributed by atoms with E-state index < -0.39 is 10.2 Å². The summed E-state index contributed by atoms with van der Waals surface area (Å²) in [7, 11) is -3.40. The van der Waals surface area contributed by atoms with E-state index in [0.717, 1.165) is 13.1 Å². The van der Waals surface area contributed by atoms with Crippen LogP contribution in [-0.4, -0.2) is 68.5 Å². The topological polar surface area (TPSA) is 53.1 Å². The van der Waals surface area contributed by atoms with Gasteiger partial charge < -0.3 is 9.64 Å². The maximum atomic E-state index is 12.9. The largest absolute Gasteiger partial charge is 0.373 e. The molecule has 0 N–H and O–H groups in total. The molecule has 0 aromatic heterocycles. The number of hydrogen-bond donors (Lipinski definition) is 0. The normalized spacial score (nSPS) is 27.4. The molecule has 0 bridgehead atoms. The number of ether oxygens (including phenoxy) is 1. The van der Waals surface area contributed by atoms with Gasteiger partial charge in [0.25, 0.3) is 10.2 Å². The van der Waals surface area contributed by atoms with E-state index in [9.17, 15) is 8.42 Å². The molecular formula is C17H27N3O3S. The van der Waals surface area contributed by atoms with Gasteiger partial charge >= 0.3 is 0 Å². The maximum absolute atomic E-state index is 12.9. The predicted molar refractivity (Wildman–Crippen MR) is 95.5 cm³/mol. The van der Waals surface area contributed by atoms with Crippen LogP contribution in [0.3, 0.4) is 0 Å². The molecule has 134 valence electrons. The van der Waals surface area contributed by atoms with Crippen LogP contribution in [0.1, 0.15) is 19.4 Å². The Balaban J connectivity index is 1.65. The highest BCUT2D eigenvalue weighted by atomic mass is 32.2. The van der Waals surface area contributed by atoms with Gasteiger partial charge in [0.05, 0.1) is 12.2 Å². The third kappa shape index (κ3) is 3.74. The Morgan fingerprint density at radius 3 is 2.21 bits per heavy atom. The van der Waals surface area contributed by atoms with E-state index in [4.69, 9.17) is 4.74 Å². The van der Waals surface area contributed by atoms with Gasteiger partial charge in [0, 0.05) is 45.0 Å². The first-order chi connectivity index (χ1) is 11.4. The van der Waals surface area contributed by atoms with E-state index in [-0.39, 0.29) is 12.2 Å². The molecule has 1 aromatic carbocycles. The van der Waals surface area contributed by atoms with Crippen molar-refractivity contribution >= 4 is 15.9 Å². The van der Waals surface area contributed by atoms with Crippen LogP contribution in [-0.2, 0) is 14.9 Å². The Bertz CT molecular complexity index is 661. The standard InChI is InChI=1S/C17H27N3O3S/c1-14-5-4-6-17(11-14)18-7-9-19(10-8-18)24(21,22)20-12-15(2)23-16(3)13-20/h4-6,11,15-16H,7-10,12-13H2,1-3H3. The van der Waals surface area contributed by atoms with Gasteiger partial charge in [-0.3, -0.25) is 0 Å². The molecule has 0 aliphatic carbocycles. The Kier molecular flexibility index (Phi) is 5.15. The zero-order chi connectivity index (χ0) is 17.3. The quantitative estimate of drug-likeness (QED) is 0.826. The van der Waals surface area contributed by atoms with Gasteiger partial charge in [0.2, 0.25) is 0 Å². The van der Waals surface area contributed by atoms with E-state index in [1.165, 1.54) is 11.3 Å². The third-order valence-electron chi connectivity index (χ3n) is 4.64. The summed E-state index contributed by atoms with van der Waals surface area (Å²) in [6, 6.07) is 8.35. The second kappa shape index (κ2) is 7.00. The molecule has 2 atom stereocenters. The minimum absolute atomic E-state index is 0.0582. The average molecular weight is 353 g/mol. The summed E-state index contributed by atoms with van der Waals surface area (Å²) in [5.74, 6) is 0. The first kappa shape index (κ1) is 17.7. The Morgan fingerprint density at radius 1 is 1.00 bits per heavy atom. The lowest BCUT2D eigenvalue weighted by atomic mass is 10.2. The summed E-state index contributed by atoms with van der Waals surface area (Å²) in [6.07, 6.45) is -0.116. The van der Waals surface area contributed by atoms with Crippen molar-refractivity contribution in [2.45, 2.75) is 33.0 Å². The number of hydrogen-bond acceptors (Lipinski definition) is 4. The van der Waals surface area contributed by atoms with Crippen molar-refractivity contribution in [1.82, 2.24) is 8.61 Å². The fourth-order valence-electron chi connectivity index (χ4n) is 3.48. The second-order valence-corrected chi connectivity index (χ2v) is 8.74. The van der Waals surface area contributed by atoms with Crippen molar-refractivity contribution < 1.29 is 13.2 Å². The van der Waals surface area contributed by atoms with Gasteiger partial charge in [-0.15, -0.1) is 0 Å². The molecule has 6 nitrogen and oxygen atoms in total. The van der Waals surface area contributed by atoms with Crippen LogP contribution in [0.5, 0.6) is 0 Å². The van der Waals surface area contributed by atoms with E-state index in [2.05, 4.69) is 30.0 Å². The summed E-state index contributed by atoms with van der Waals surface area (Å²) in [5.41, 5.74) is 2.39. The van der Waals surface area contributed by atoms with E-state index in [1.807, 2.05) is 19.9 Å². The van der Waals surface area contributed by atoms with E-state index in [0.29, 0.717) is 26.2 Å². The summed E-state index contributed by atoms with van der Waals surface area (Å²) >= 11 is 0. The Labute approximate surface area is 145 Å². The number of nitrogens with zero attached hydrogens (tertiary/aromatic N) is 3. The number of morpholine rings is 1. The molecule has 3 rings (SSSR count). The molecule has 2 fully saturated rings. The molecule has 2 unspecified atom stereocenters. The fraction of sp³-hybridized carbons (Fsp3) is 0.647. The van der Waals surface area contributed by atoms with Crippen molar-refractivity contribution in [2.24, 2.45) is 0 Å². The first-order valence-electron chi connectivity index (χ1n) is 8.58. The summed E-state index contributed by atoms with van der Waals surface area (Å²) in [4.78, 5) is 2.25. The number of piperazine rings is 1. The van der Waals surface area contributed by atoms with Crippen molar-refractivity contribution in [3.05, 3.63) is 29.8 Å². The number of rotatable bonds is 3. The van der Waals surface area contributed by atoms with Gasteiger partial charge in [-0.05, 0) is 38.5 Å². The van der Waals surface area contributed by atoms with Crippen molar-refractivity contribution in [2.75, 3.05) is 44.2 Å². The average Bonchev–Trinajstić information content (AvgIpc) is 2.54. The lowest BCUT2D eigenvalue weighted by molar-refractivity contribution is -0.0455. The number of benzene rings is 1. The molecule has 24 heavy (non-hydrogen) atoms. The number of aryl methyl sites for hydroxylation is 1. The van der Waals surface area contributed by atoms with Gasteiger partial charge in [-0.25, -0.2) is 0 Å². The molecule has 0 radical (unpaired) electrons. The second-order valence-electron chi connectivity index (χ2n) is 6.81. The maximum Gasteiger partial charge on any atom is 0.282 e. The van der Waals surface area contributed by atoms with Crippen LogP contribution in [0.25, 0.3) is 0 Å². The summed E-state index contributed by atoms with van der Waals surface area (Å²) in [5, 5.41) is 0. The molecule has 2 aliphatic rings. The van der Waals surface area contributed by atoms with Crippen molar-refractivity contribution in [3.8, 4) is 0 Å². The molecule has 0 saturated carbocycles. The molecule has 7 heteroatoms. The fourth-order valence-corrected chi connectivity index (χ4v) is 5.23. The zero-order valence-corrected chi connectivity index (χ0v) is 15.5. The van der Waals surface area contributed by atoms with Gasteiger partial charge in [0.1, 0.15) is 0 Å². The Morgan fingerprint density at radius 2 is 1.62 bits per heavy atom. The van der Waals surface area contributed by atoms with E-state index >= 15 is 0 Å². The lowest BCUT2D eigenvalue weighted by Crippen LogP contribution is -2.57. The SMILES string of the molecule is Cc1cccc(N2CCN(S(=O)(=O)N3CC(C)OC(C)C3)CC2)c1. The zero-order valence-electron chi connectivity index (χ0n) is 14.7. The third-order valence-corrected chi connectivity index (χ3v) is 6.61. The van der Waals surface area contributed by atoms with E-state index in [1.54, 1.807) is 8.61 Å². The molecule has 0 spiro atoms. The summed E-state index contributed by atoms with van der Waals surface area (Å²) in [6.45, 7) is 9.28. The molecular weight excluding hydrogens is 326 g/mol. The van der Waals surface area contributed by atoms with Crippen LogP contribution < -0.4 is 4.90 Å². The summed E-state index contributed by atoms with van der Waals surface area (Å²) < 4.78 is 34.7. The lowest BCUT2D eigenvalue weighted by Gasteiger charge is -2.40. The van der Waals surface area contributed by atoms with Crippen LogP contribution in [0, 0.1) is 6.92 Å². The van der Waals surface area contributed by atoms with Gasteiger partial charge in [-0.2, -0.15) is 17.0 Å². The smallest absolute Gasteiger partial charge is 0.282 e. The highest BCUT2D eigenvalue weighted by Crippen LogP contribution is 2.22. The van der Waals surface area contributed by atoms with Crippen molar-refractivity contribution in [1.29, 1.82) is 0 Å². The number of anilines is 1. The van der Waals surface area contributed by atoms with Crippen LogP contribution >= 0.6 is 0 Å².